The van der Waals surface area contributed by atoms with E-state index in [0.717, 1.165) is 16.5 Å². The summed E-state index contributed by atoms with van der Waals surface area (Å²) in [7, 11) is 3.96. The molecule has 0 spiro atoms. The molecule has 4 nitrogen and oxygen atoms in total. The fraction of sp³-hybridized carbons (Fsp3) is 0.0952. The maximum absolute atomic E-state index is 12.5. The van der Waals surface area contributed by atoms with Crippen LogP contribution in [0.25, 0.3) is 33.1 Å². The van der Waals surface area contributed by atoms with Crippen LogP contribution < -0.4 is 10.3 Å². The second kappa shape index (κ2) is 5.67. The van der Waals surface area contributed by atoms with E-state index < -0.39 is 5.43 Å². The number of para-hydroxylation sites is 1. The van der Waals surface area contributed by atoms with Crippen molar-refractivity contribution < 1.29 is 9.52 Å². The van der Waals surface area contributed by atoms with Crippen LogP contribution in [0.2, 0.25) is 0 Å². The highest BCUT2D eigenvalue weighted by atomic mass is 16.4. The largest absolute Gasteiger partial charge is 0.502 e. The van der Waals surface area contributed by atoms with Gasteiger partial charge >= 0.3 is 0 Å². The summed E-state index contributed by atoms with van der Waals surface area (Å²) in [5.74, 6) is -0.160. The molecule has 1 N–H and O–H groups in total. The zero-order valence-electron chi connectivity index (χ0n) is 14.0. The lowest BCUT2D eigenvalue weighted by Gasteiger charge is -2.17. The number of nitrogens with zero attached hydrogens (tertiary/aromatic N) is 1. The van der Waals surface area contributed by atoms with Crippen LogP contribution in [-0.4, -0.2) is 19.2 Å². The minimum atomic E-state index is -0.419. The Morgan fingerprint density at radius 1 is 0.840 bits per heavy atom. The maximum Gasteiger partial charge on any atom is 0.235 e. The Kier molecular flexibility index (Phi) is 3.46. The molecule has 0 amide bonds. The Morgan fingerprint density at radius 2 is 1.48 bits per heavy atom. The first-order valence-electron chi connectivity index (χ1n) is 8.02. The first kappa shape index (κ1) is 15.3. The molecule has 25 heavy (non-hydrogen) atoms. The molecule has 0 aliphatic rings. The van der Waals surface area contributed by atoms with Crippen LogP contribution in [0.1, 0.15) is 0 Å². The van der Waals surface area contributed by atoms with Crippen molar-refractivity contribution in [2.24, 2.45) is 0 Å². The molecule has 0 radical (unpaired) electrons. The van der Waals surface area contributed by atoms with Gasteiger partial charge in [-0.3, -0.25) is 4.79 Å². The third-order valence-electron chi connectivity index (χ3n) is 4.40. The number of rotatable bonds is 2. The third kappa shape index (κ3) is 2.34. The van der Waals surface area contributed by atoms with Crippen molar-refractivity contribution in [1.82, 2.24) is 0 Å². The Bertz CT molecular complexity index is 1160. The standard InChI is InChI=1S/C21H17NO3/c1-22(2)17-12-11-15(13-7-3-4-8-14(13)17)21-20(24)19(23)16-9-5-6-10-18(16)25-21/h3-12,24H,1-2H3. The fourth-order valence-electron chi connectivity index (χ4n) is 3.19. The molecule has 1 heterocycles. The molecule has 0 atom stereocenters. The normalized spacial score (nSPS) is 11.1. The predicted octanol–water partition coefficient (Wildman–Crippen LogP) is 4.38. The molecule has 4 heteroatoms. The van der Waals surface area contributed by atoms with E-state index in [9.17, 15) is 9.90 Å². The van der Waals surface area contributed by atoms with Gasteiger partial charge in [-0.15, -0.1) is 0 Å². The van der Waals surface area contributed by atoms with Crippen LogP contribution in [0.15, 0.2) is 69.9 Å². The van der Waals surface area contributed by atoms with Gasteiger partial charge in [0.15, 0.2) is 5.76 Å². The summed E-state index contributed by atoms with van der Waals surface area (Å²) in [6, 6.07) is 18.7. The predicted molar refractivity (Wildman–Crippen MR) is 101 cm³/mol. The molecular weight excluding hydrogens is 314 g/mol. The highest BCUT2D eigenvalue weighted by Gasteiger charge is 2.18. The minimum absolute atomic E-state index is 0.199. The van der Waals surface area contributed by atoms with E-state index in [1.54, 1.807) is 24.3 Å². The van der Waals surface area contributed by atoms with Gasteiger partial charge in [0.25, 0.3) is 0 Å². The van der Waals surface area contributed by atoms with Gasteiger partial charge in [-0.1, -0.05) is 36.4 Å². The Balaban J connectivity index is 2.10. The van der Waals surface area contributed by atoms with Crippen molar-refractivity contribution in [3.8, 4) is 17.1 Å². The van der Waals surface area contributed by atoms with Crippen molar-refractivity contribution in [2.45, 2.75) is 0 Å². The molecular formula is C21H17NO3. The summed E-state index contributed by atoms with van der Waals surface area (Å²) in [5, 5.41) is 12.8. The second-order valence-electron chi connectivity index (χ2n) is 6.18. The van der Waals surface area contributed by atoms with Crippen molar-refractivity contribution in [3.05, 3.63) is 70.9 Å². The van der Waals surface area contributed by atoms with Gasteiger partial charge in [0.05, 0.1) is 5.39 Å². The van der Waals surface area contributed by atoms with Crippen LogP contribution >= 0.6 is 0 Å². The van der Waals surface area contributed by atoms with Gasteiger partial charge in [-0.05, 0) is 29.7 Å². The molecule has 4 aromatic rings. The van der Waals surface area contributed by atoms with Gasteiger partial charge < -0.3 is 14.4 Å². The number of fused-ring (bicyclic) bond motifs is 2. The quantitative estimate of drug-likeness (QED) is 0.592. The molecule has 0 aliphatic heterocycles. The maximum atomic E-state index is 12.5. The summed E-state index contributed by atoms with van der Waals surface area (Å²) < 4.78 is 5.90. The number of anilines is 1. The van der Waals surface area contributed by atoms with E-state index in [-0.39, 0.29) is 11.5 Å². The second-order valence-corrected chi connectivity index (χ2v) is 6.18. The Hall–Kier alpha value is -3.27. The van der Waals surface area contributed by atoms with Crippen molar-refractivity contribution in [1.29, 1.82) is 0 Å². The number of hydrogen-bond acceptors (Lipinski definition) is 4. The first-order valence-corrected chi connectivity index (χ1v) is 8.02. The molecule has 4 rings (SSSR count). The summed E-state index contributed by atoms with van der Waals surface area (Å²) in [4.78, 5) is 14.5. The zero-order valence-corrected chi connectivity index (χ0v) is 14.0. The molecule has 1 aromatic heterocycles. The fourth-order valence-corrected chi connectivity index (χ4v) is 3.19. The van der Waals surface area contributed by atoms with E-state index >= 15 is 0 Å². The first-order chi connectivity index (χ1) is 12.1. The molecule has 0 bridgehead atoms. The third-order valence-corrected chi connectivity index (χ3v) is 4.40. The SMILES string of the molecule is CN(C)c1ccc(-c2oc3ccccc3c(=O)c2O)c2ccccc12. The molecule has 124 valence electrons. The summed E-state index contributed by atoms with van der Waals surface area (Å²) in [5.41, 5.74) is 1.79. The minimum Gasteiger partial charge on any atom is -0.502 e. The zero-order chi connectivity index (χ0) is 17.6. The lowest BCUT2D eigenvalue weighted by molar-refractivity contribution is 0.449. The average molecular weight is 331 g/mol. The Morgan fingerprint density at radius 3 is 2.20 bits per heavy atom. The smallest absolute Gasteiger partial charge is 0.235 e. The summed E-state index contributed by atoms with van der Waals surface area (Å²) in [6.07, 6.45) is 0. The van der Waals surface area contributed by atoms with Crippen LogP contribution in [0, 0.1) is 0 Å². The van der Waals surface area contributed by atoms with E-state index in [1.807, 2.05) is 55.4 Å². The van der Waals surface area contributed by atoms with Crippen LogP contribution in [0.5, 0.6) is 5.75 Å². The highest BCUT2D eigenvalue weighted by molar-refractivity contribution is 6.04. The summed E-state index contributed by atoms with van der Waals surface area (Å²) >= 11 is 0. The van der Waals surface area contributed by atoms with Crippen molar-refractivity contribution in [2.75, 3.05) is 19.0 Å². The van der Waals surface area contributed by atoms with E-state index in [1.165, 1.54) is 0 Å². The topological polar surface area (TPSA) is 53.7 Å². The van der Waals surface area contributed by atoms with E-state index in [0.29, 0.717) is 16.5 Å². The molecule has 0 unspecified atom stereocenters. The molecule has 3 aromatic carbocycles. The lowest BCUT2D eigenvalue weighted by Crippen LogP contribution is -2.09. The molecule has 0 fully saturated rings. The summed E-state index contributed by atoms with van der Waals surface area (Å²) in [6.45, 7) is 0. The number of aromatic hydroxyl groups is 1. The lowest BCUT2D eigenvalue weighted by atomic mass is 9.99. The van der Waals surface area contributed by atoms with Gasteiger partial charge in [0.1, 0.15) is 5.58 Å². The van der Waals surface area contributed by atoms with Crippen LogP contribution in [0.3, 0.4) is 0 Å². The molecule has 0 aliphatic carbocycles. The van der Waals surface area contributed by atoms with Crippen LogP contribution in [0.4, 0.5) is 5.69 Å². The highest BCUT2D eigenvalue weighted by Crippen LogP contribution is 2.38. The molecule has 0 saturated heterocycles. The Labute approximate surface area is 144 Å². The van der Waals surface area contributed by atoms with Gasteiger partial charge in [-0.2, -0.15) is 0 Å². The van der Waals surface area contributed by atoms with Gasteiger partial charge in [0.2, 0.25) is 11.2 Å². The molecule has 0 saturated carbocycles. The monoisotopic (exact) mass is 331 g/mol. The van der Waals surface area contributed by atoms with Crippen molar-refractivity contribution in [3.63, 3.8) is 0 Å². The van der Waals surface area contributed by atoms with Crippen LogP contribution in [-0.2, 0) is 0 Å². The number of benzene rings is 3. The number of hydrogen-bond donors (Lipinski definition) is 1. The van der Waals surface area contributed by atoms with E-state index in [2.05, 4.69) is 0 Å². The van der Waals surface area contributed by atoms with Crippen molar-refractivity contribution >= 4 is 27.4 Å². The van der Waals surface area contributed by atoms with Gasteiger partial charge in [0, 0.05) is 30.7 Å². The average Bonchev–Trinajstić information content (AvgIpc) is 2.64. The van der Waals surface area contributed by atoms with Gasteiger partial charge in [-0.25, -0.2) is 0 Å². The van der Waals surface area contributed by atoms with E-state index in [4.69, 9.17) is 4.42 Å².